The Balaban J connectivity index is 1.87. The van der Waals surface area contributed by atoms with Gasteiger partial charge in [-0.15, -0.1) is 0 Å². The number of carbonyl (C=O) groups is 1. The van der Waals surface area contributed by atoms with Crippen LogP contribution in [0.25, 0.3) is 10.9 Å². The SMILES string of the molecule is CC(C)(C)NCC(=O)NCCc1cccc2cccnc12. The molecule has 0 spiro atoms. The maximum atomic E-state index is 11.8. The number of hydrogen-bond acceptors (Lipinski definition) is 3. The molecule has 2 rings (SSSR count). The largest absolute Gasteiger partial charge is 0.355 e. The zero-order valence-electron chi connectivity index (χ0n) is 12.9. The number of benzene rings is 1. The Morgan fingerprint density at radius 2 is 1.95 bits per heavy atom. The van der Waals surface area contributed by atoms with E-state index in [2.05, 4.69) is 33.8 Å². The molecule has 0 fully saturated rings. The Kier molecular flexibility index (Phi) is 4.91. The molecule has 0 bridgehead atoms. The zero-order valence-corrected chi connectivity index (χ0v) is 12.9. The summed E-state index contributed by atoms with van der Waals surface area (Å²) in [5, 5.41) is 7.25. The van der Waals surface area contributed by atoms with Gasteiger partial charge < -0.3 is 10.6 Å². The lowest BCUT2D eigenvalue weighted by molar-refractivity contribution is -0.120. The van der Waals surface area contributed by atoms with E-state index in [0.717, 1.165) is 22.9 Å². The second-order valence-corrected chi connectivity index (χ2v) is 6.20. The second kappa shape index (κ2) is 6.68. The molecule has 1 aromatic heterocycles. The van der Waals surface area contributed by atoms with Gasteiger partial charge in [-0.3, -0.25) is 9.78 Å². The molecule has 0 aliphatic rings. The van der Waals surface area contributed by atoms with E-state index in [1.165, 1.54) is 0 Å². The van der Waals surface area contributed by atoms with Crippen LogP contribution in [-0.2, 0) is 11.2 Å². The maximum Gasteiger partial charge on any atom is 0.233 e. The maximum absolute atomic E-state index is 11.8. The predicted molar refractivity (Wildman–Crippen MR) is 86.2 cm³/mol. The van der Waals surface area contributed by atoms with E-state index in [1.807, 2.05) is 32.9 Å². The molecule has 0 saturated heterocycles. The molecular weight excluding hydrogens is 262 g/mol. The molecule has 0 atom stereocenters. The number of carbonyl (C=O) groups excluding carboxylic acids is 1. The molecule has 1 heterocycles. The Morgan fingerprint density at radius 1 is 1.19 bits per heavy atom. The molecule has 21 heavy (non-hydrogen) atoms. The van der Waals surface area contributed by atoms with Gasteiger partial charge in [-0.2, -0.15) is 0 Å². The number of nitrogens with one attached hydrogen (secondary N) is 2. The molecular formula is C17H23N3O. The van der Waals surface area contributed by atoms with Crippen molar-refractivity contribution >= 4 is 16.8 Å². The van der Waals surface area contributed by atoms with E-state index in [4.69, 9.17) is 0 Å². The van der Waals surface area contributed by atoms with Gasteiger partial charge in [-0.25, -0.2) is 0 Å². The Labute approximate surface area is 126 Å². The third-order valence-corrected chi connectivity index (χ3v) is 3.21. The van der Waals surface area contributed by atoms with Crippen LogP contribution < -0.4 is 10.6 Å². The van der Waals surface area contributed by atoms with Crippen LogP contribution in [0.15, 0.2) is 36.5 Å². The van der Waals surface area contributed by atoms with Gasteiger partial charge in [-0.05, 0) is 38.8 Å². The van der Waals surface area contributed by atoms with Crippen molar-refractivity contribution in [1.29, 1.82) is 0 Å². The fraction of sp³-hybridized carbons (Fsp3) is 0.412. The minimum atomic E-state index is -0.0447. The quantitative estimate of drug-likeness (QED) is 0.886. The average Bonchev–Trinajstić information content (AvgIpc) is 2.45. The summed E-state index contributed by atoms with van der Waals surface area (Å²) < 4.78 is 0. The summed E-state index contributed by atoms with van der Waals surface area (Å²) in [6.07, 6.45) is 2.59. The van der Waals surface area contributed by atoms with Gasteiger partial charge in [0, 0.05) is 23.7 Å². The molecule has 112 valence electrons. The van der Waals surface area contributed by atoms with Gasteiger partial charge in [0.1, 0.15) is 0 Å². The number of aromatic nitrogens is 1. The highest BCUT2D eigenvalue weighted by Gasteiger charge is 2.11. The molecule has 0 aliphatic heterocycles. The Hall–Kier alpha value is -1.94. The van der Waals surface area contributed by atoms with Crippen molar-refractivity contribution in [2.45, 2.75) is 32.7 Å². The number of pyridine rings is 1. The number of amides is 1. The van der Waals surface area contributed by atoms with Crippen LogP contribution in [0.4, 0.5) is 0 Å². The number of nitrogens with zero attached hydrogens (tertiary/aromatic N) is 1. The summed E-state index contributed by atoms with van der Waals surface area (Å²) in [4.78, 5) is 16.2. The normalized spacial score (nSPS) is 11.6. The van der Waals surface area contributed by atoms with Crippen molar-refractivity contribution in [2.75, 3.05) is 13.1 Å². The van der Waals surface area contributed by atoms with Crippen molar-refractivity contribution in [3.8, 4) is 0 Å². The van der Waals surface area contributed by atoms with Gasteiger partial charge in [0.05, 0.1) is 12.1 Å². The highest BCUT2D eigenvalue weighted by molar-refractivity contribution is 5.81. The molecule has 2 N–H and O–H groups in total. The fourth-order valence-corrected chi connectivity index (χ4v) is 2.11. The lowest BCUT2D eigenvalue weighted by Gasteiger charge is -2.20. The average molecular weight is 285 g/mol. The molecule has 0 saturated carbocycles. The van der Waals surface area contributed by atoms with E-state index in [1.54, 1.807) is 6.20 Å². The first kappa shape index (κ1) is 15.4. The Bertz CT molecular complexity index is 611. The first-order valence-electron chi connectivity index (χ1n) is 7.30. The molecule has 2 aromatic rings. The van der Waals surface area contributed by atoms with Gasteiger partial charge >= 0.3 is 0 Å². The van der Waals surface area contributed by atoms with Crippen molar-refractivity contribution in [3.63, 3.8) is 0 Å². The van der Waals surface area contributed by atoms with Gasteiger partial charge in [0.2, 0.25) is 5.91 Å². The summed E-state index contributed by atoms with van der Waals surface area (Å²) in [7, 11) is 0. The van der Waals surface area contributed by atoms with Crippen molar-refractivity contribution in [1.82, 2.24) is 15.6 Å². The minimum Gasteiger partial charge on any atom is -0.355 e. The summed E-state index contributed by atoms with van der Waals surface area (Å²) in [6.45, 7) is 7.10. The van der Waals surface area contributed by atoms with Gasteiger partial charge in [0.25, 0.3) is 0 Å². The summed E-state index contributed by atoms with van der Waals surface area (Å²) in [5.74, 6) is 0.0260. The first-order chi connectivity index (χ1) is 9.96. The topological polar surface area (TPSA) is 54.0 Å². The number of hydrogen-bond donors (Lipinski definition) is 2. The summed E-state index contributed by atoms with van der Waals surface area (Å²) >= 11 is 0. The fourth-order valence-electron chi connectivity index (χ4n) is 2.11. The monoisotopic (exact) mass is 285 g/mol. The van der Waals surface area contributed by atoms with Crippen molar-refractivity contribution in [3.05, 3.63) is 42.1 Å². The van der Waals surface area contributed by atoms with E-state index >= 15 is 0 Å². The van der Waals surface area contributed by atoms with E-state index in [0.29, 0.717) is 13.1 Å². The van der Waals surface area contributed by atoms with Crippen LogP contribution in [0, 0.1) is 0 Å². The minimum absolute atomic E-state index is 0.0260. The summed E-state index contributed by atoms with van der Waals surface area (Å²) in [6, 6.07) is 10.1. The van der Waals surface area contributed by atoms with E-state index in [9.17, 15) is 4.79 Å². The Morgan fingerprint density at radius 3 is 2.71 bits per heavy atom. The van der Waals surface area contributed by atoms with Crippen molar-refractivity contribution < 1.29 is 4.79 Å². The smallest absolute Gasteiger partial charge is 0.233 e. The molecule has 1 amide bonds. The predicted octanol–water partition coefficient (Wildman–Crippen LogP) is 2.28. The lowest BCUT2D eigenvalue weighted by Crippen LogP contribution is -2.43. The number of fused-ring (bicyclic) bond motifs is 1. The van der Waals surface area contributed by atoms with Crippen LogP contribution in [0.5, 0.6) is 0 Å². The van der Waals surface area contributed by atoms with Gasteiger partial charge in [0.15, 0.2) is 0 Å². The zero-order chi connectivity index (χ0) is 15.3. The molecule has 1 aromatic carbocycles. The highest BCUT2D eigenvalue weighted by Crippen LogP contribution is 2.15. The lowest BCUT2D eigenvalue weighted by atomic mass is 10.1. The van der Waals surface area contributed by atoms with Crippen LogP contribution >= 0.6 is 0 Å². The second-order valence-electron chi connectivity index (χ2n) is 6.20. The van der Waals surface area contributed by atoms with Crippen LogP contribution in [0.3, 0.4) is 0 Å². The third kappa shape index (κ3) is 4.83. The van der Waals surface area contributed by atoms with Crippen molar-refractivity contribution in [2.24, 2.45) is 0 Å². The first-order valence-corrected chi connectivity index (χ1v) is 7.30. The highest BCUT2D eigenvalue weighted by atomic mass is 16.1. The summed E-state index contributed by atoms with van der Waals surface area (Å²) in [5.41, 5.74) is 2.14. The van der Waals surface area contributed by atoms with E-state index < -0.39 is 0 Å². The molecule has 0 radical (unpaired) electrons. The molecule has 0 unspecified atom stereocenters. The number of rotatable bonds is 5. The molecule has 0 aliphatic carbocycles. The van der Waals surface area contributed by atoms with E-state index in [-0.39, 0.29) is 11.4 Å². The van der Waals surface area contributed by atoms with Crippen LogP contribution in [-0.4, -0.2) is 29.5 Å². The number of para-hydroxylation sites is 1. The third-order valence-electron chi connectivity index (χ3n) is 3.21. The van der Waals surface area contributed by atoms with Crippen LogP contribution in [0.1, 0.15) is 26.3 Å². The molecule has 4 heteroatoms. The molecule has 4 nitrogen and oxygen atoms in total. The standard InChI is InChI=1S/C17H23N3O/c1-17(2,3)20-12-15(21)18-11-9-14-7-4-6-13-8-5-10-19-16(13)14/h4-8,10,20H,9,11-12H2,1-3H3,(H,18,21). The van der Waals surface area contributed by atoms with Gasteiger partial charge in [-0.1, -0.05) is 24.3 Å². The van der Waals surface area contributed by atoms with Crippen LogP contribution in [0.2, 0.25) is 0 Å².